The summed E-state index contributed by atoms with van der Waals surface area (Å²) >= 11 is 4.92. The summed E-state index contributed by atoms with van der Waals surface area (Å²) in [6, 6.07) is 11.8. The smallest absolute Gasteiger partial charge is 0.338 e. The van der Waals surface area contributed by atoms with E-state index in [0.29, 0.717) is 23.5 Å². The van der Waals surface area contributed by atoms with Gasteiger partial charge in [-0.25, -0.2) is 4.79 Å². The maximum absolute atomic E-state index is 11.9. The molecule has 0 aliphatic carbocycles. The van der Waals surface area contributed by atoms with Crippen molar-refractivity contribution in [3.8, 4) is 5.75 Å². The first-order chi connectivity index (χ1) is 16.3. The Balaban J connectivity index is 1.72. The molecule has 2 amide bonds. The highest BCUT2D eigenvalue weighted by molar-refractivity contribution is 7.80. The van der Waals surface area contributed by atoms with Crippen molar-refractivity contribution >= 4 is 46.9 Å². The van der Waals surface area contributed by atoms with Gasteiger partial charge in [0.1, 0.15) is 5.75 Å². The number of carbonyl (C=O) groups excluding carboxylic acids is 3. The van der Waals surface area contributed by atoms with Crippen LogP contribution < -0.4 is 20.9 Å². The van der Waals surface area contributed by atoms with Gasteiger partial charge >= 0.3 is 5.97 Å². The van der Waals surface area contributed by atoms with Gasteiger partial charge < -0.3 is 9.47 Å². The van der Waals surface area contributed by atoms with Crippen LogP contribution in [0.4, 0.5) is 5.69 Å². The first-order valence-corrected chi connectivity index (χ1v) is 10.4. The predicted octanol–water partition coefficient (Wildman–Crippen LogP) is 2.28. The average molecular weight is 487 g/mol. The summed E-state index contributed by atoms with van der Waals surface area (Å²) in [5, 5.41) is 12.9. The van der Waals surface area contributed by atoms with Crippen LogP contribution in [0.1, 0.15) is 29.3 Å². The molecule has 0 saturated heterocycles. The number of esters is 1. The molecule has 3 N–H and O–H groups in total. The molecule has 11 nitrogen and oxygen atoms in total. The van der Waals surface area contributed by atoms with E-state index < -0.39 is 22.7 Å². The predicted molar refractivity (Wildman–Crippen MR) is 127 cm³/mol. The van der Waals surface area contributed by atoms with E-state index in [1.165, 1.54) is 48.5 Å². The van der Waals surface area contributed by atoms with E-state index >= 15 is 0 Å². The molecule has 0 heterocycles. The maximum atomic E-state index is 11.9. The minimum Gasteiger partial charge on any atom is -0.484 e. The largest absolute Gasteiger partial charge is 0.484 e. The molecule has 0 saturated carbocycles. The number of thiocarbonyl (C=S) groups is 1. The molecule has 0 atom stereocenters. The molecule has 0 aliphatic rings. The van der Waals surface area contributed by atoms with Gasteiger partial charge in [0.2, 0.25) is 5.91 Å². The average Bonchev–Trinajstić information content (AvgIpc) is 2.84. The van der Waals surface area contributed by atoms with Gasteiger partial charge in [0, 0.05) is 18.2 Å². The quantitative estimate of drug-likeness (QED) is 0.159. The molecule has 0 unspecified atom stereocenters. The van der Waals surface area contributed by atoms with Crippen LogP contribution in [-0.4, -0.2) is 41.0 Å². The minimum atomic E-state index is -0.605. The van der Waals surface area contributed by atoms with Gasteiger partial charge in [-0.3, -0.25) is 35.9 Å². The molecular formula is C22H22N4O7S. The number of carbonyl (C=O) groups is 3. The van der Waals surface area contributed by atoms with Gasteiger partial charge in [0.15, 0.2) is 11.7 Å². The molecule has 0 bridgehead atoms. The van der Waals surface area contributed by atoms with Crippen molar-refractivity contribution < 1.29 is 28.8 Å². The van der Waals surface area contributed by atoms with Gasteiger partial charge in [-0.15, -0.1) is 0 Å². The summed E-state index contributed by atoms with van der Waals surface area (Å²) < 4.78 is 10.3. The fourth-order valence-electron chi connectivity index (χ4n) is 2.38. The first-order valence-electron chi connectivity index (χ1n) is 10.0. The number of non-ortho nitro benzene ring substituents is 1. The lowest BCUT2D eigenvalue weighted by Gasteiger charge is -2.11. The molecule has 178 valence electrons. The Kier molecular flexibility index (Phi) is 10.1. The summed E-state index contributed by atoms with van der Waals surface area (Å²) in [6.45, 7) is 1.88. The van der Waals surface area contributed by atoms with E-state index in [-0.39, 0.29) is 17.4 Å². The van der Waals surface area contributed by atoms with Gasteiger partial charge in [-0.05, 0) is 54.5 Å². The third-order valence-corrected chi connectivity index (χ3v) is 4.16. The Morgan fingerprint density at radius 1 is 1.12 bits per heavy atom. The van der Waals surface area contributed by atoms with Gasteiger partial charge in [-0.2, -0.15) is 0 Å². The third kappa shape index (κ3) is 9.04. The van der Waals surface area contributed by atoms with Crippen LogP contribution in [0.15, 0.2) is 54.6 Å². The topological polar surface area (TPSA) is 149 Å². The zero-order valence-electron chi connectivity index (χ0n) is 18.1. The Labute approximate surface area is 200 Å². The van der Waals surface area contributed by atoms with Gasteiger partial charge in [-0.1, -0.05) is 19.1 Å². The first kappa shape index (κ1) is 25.9. The van der Waals surface area contributed by atoms with Gasteiger partial charge in [0.05, 0.1) is 17.1 Å². The molecule has 2 aromatic carbocycles. The maximum Gasteiger partial charge on any atom is 0.338 e. The summed E-state index contributed by atoms with van der Waals surface area (Å²) in [5.74, 6) is -1.25. The van der Waals surface area contributed by atoms with Crippen molar-refractivity contribution in [2.24, 2.45) is 0 Å². The Bertz CT molecular complexity index is 1090. The molecule has 12 heteroatoms. The van der Waals surface area contributed by atoms with Crippen LogP contribution in [0.5, 0.6) is 5.75 Å². The molecule has 34 heavy (non-hydrogen) atoms. The summed E-state index contributed by atoms with van der Waals surface area (Å²) in [6.07, 6.45) is 3.24. The van der Waals surface area contributed by atoms with E-state index in [9.17, 15) is 24.5 Å². The third-order valence-electron chi connectivity index (χ3n) is 3.96. The molecule has 0 radical (unpaired) electrons. The summed E-state index contributed by atoms with van der Waals surface area (Å²) in [5.41, 5.74) is 5.34. The molecule has 2 rings (SSSR count). The number of amides is 2. The number of nitrogens with zero attached hydrogens (tertiary/aromatic N) is 1. The molecular weight excluding hydrogens is 464 g/mol. The van der Waals surface area contributed by atoms with Crippen LogP contribution in [0.2, 0.25) is 0 Å². The molecule has 0 fully saturated rings. The van der Waals surface area contributed by atoms with Crippen LogP contribution in [0.25, 0.3) is 6.08 Å². The van der Waals surface area contributed by atoms with Crippen molar-refractivity contribution in [3.63, 3.8) is 0 Å². The number of hydrogen-bond donors (Lipinski definition) is 3. The second-order valence-corrected chi connectivity index (χ2v) is 7.03. The highest BCUT2D eigenvalue weighted by Crippen LogP contribution is 2.14. The van der Waals surface area contributed by atoms with E-state index in [0.717, 1.165) is 12.5 Å². The number of hydrazine groups is 1. The number of rotatable bonds is 9. The second kappa shape index (κ2) is 13.3. The standard InChI is InChI=1S/C22H22N4O7S/c1-2-12-32-21(29)16-7-9-18(10-8-16)33-14-20(28)24-25-22(34)23-19(27)11-6-15-4-3-5-17(13-15)26(30)31/h3-11,13H,2,12,14H2,1H3,(H,24,28)(H2,23,25,27,34)/b11-6+. The van der Waals surface area contributed by atoms with Crippen molar-refractivity contribution in [2.75, 3.05) is 13.2 Å². The zero-order valence-corrected chi connectivity index (χ0v) is 18.9. The number of nitrogens with one attached hydrogen (secondary N) is 3. The van der Waals surface area contributed by atoms with Crippen molar-refractivity contribution in [3.05, 3.63) is 75.8 Å². The fraction of sp³-hybridized carbons (Fsp3) is 0.182. The summed E-state index contributed by atoms with van der Waals surface area (Å²) in [4.78, 5) is 45.8. The Morgan fingerprint density at radius 3 is 2.53 bits per heavy atom. The van der Waals surface area contributed by atoms with Gasteiger partial charge in [0.25, 0.3) is 11.6 Å². The number of hydrogen-bond acceptors (Lipinski definition) is 8. The molecule has 0 aliphatic heterocycles. The Hall–Kier alpha value is -4.32. The number of benzene rings is 2. The highest BCUT2D eigenvalue weighted by atomic mass is 32.1. The van der Waals surface area contributed by atoms with Crippen LogP contribution in [0.3, 0.4) is 0 Å². The lowest BCUT2D eigenvalue weighted by molar-refractivity contribution is -0.384. The molecule has 2 aromatic rings. The lowest BCUT2D eigenvalue weighted by atomic mass is 10.2. The van der Waals surface area contributed by atoms with Crippen LogP contribution in [0, 0.1) is 10.1 Å². The Morgan fingerprint density at radius 2 is 1.85 bits per heavy atom. The van der Waals surface area contributed by atoms with E-state index in [4.69, 9.17) is 21.7 Å². The van der Waals surface area contributed by atoms with Crippen LogP contribution in [-0.2, 0) is 14.3 Å². The SMILES string of the molecule is CCCOC(=O)c1ccc(OCC(=O)NNC(=S)NC(=O)/C=C/c2cccc([N+](=O)[O-])c2)cc1. The fourth-order valence-corrected chi connectivity index (χ4v) is 2.53. The second-order valence-electron chi connectivity index (χ2n) is 6.63. The minimum absolute atomic E-state index is 0.102. The lowest BCUT2D eigenvalue weighted by Crippen LogP contribution is -2.49. The normalized spacial score (nSPS) is 10.3. The van der Waals surface area contributed by atoms with Crippen molar-refractivity contribution in [2.45, 2.75) is 13.3 Å². The molecule has 0 spiro atoms. The van der Waals surface area contributed by atoms with Crippen molar-refractivity contribution in [1.29, 1.82) is 0 Å². The number of nitro benzene ring substituents is 1. The van der Waals surface area contributed by atoms with Crippen molar-refractivity contribution in [1.82, 2.24) is 16.2 Å². The number of nitro groups is 1. The summed E-state index contributed by atoms with van der Waals surface area (Å²) in [7, 11) is 0. The van der Waals surface area contributed by atoms with E-state index in [1.807, 2.05) is 6.92 Å². The zero-order chi connectivity index (χ0) is 24.9. The van der Waals surface area contributed by atoms with E-state index in [1.54, 1.807) is 6.07 Å². The highest BCUT2D eigenvalue weighted by Gasteiger charge is 2.09. The monoisotopic (exact) mass is 486 g/mol. The van der Waals surface area contributed by atoms with Crippen LogP contribution >= 0.6 is 12.2 Å². The van der Waals surface area contributed by atoms with E-state index in [2.05, 4.69) is 16.2 Å². The number of ether oxygens (including phenoxy) is 2. The molecule has 0 aromatic heterocycles.